The number of nitrogens with zero attached hydrogens (tertiary/aromatic N) is 2. The van der Waals surface area contributed by atoms with Gasteiger partial charge in [-0.3, -0.25) is 0 Å². The number of nitrogens with one attached hydrogen (secondary N) is 1. The van der Waals surface area contributed by atoms with Gasteiger partial charge in [-0.1, -0.05) is 18.5 Å². The van der Waals surface area contributed by atoms with Gasteiger partial charge in [0.25, 0.3) is 0 Å². The third kappa shape index (κ3) is 3.18. The van der Waals surface area contributed by atoms with Crippen molar-refractivity contribution in [2.75, 3.05) is 11.9 Å². The van der Waals surface area contributed by atoms with E-state index in [-0.39, 0.29) is 12.1 Å². The Morgan fingerprint density at radius 3 is 2.53 bits per heavy atom. The first-order valence-electron chi connectivity index (χ1n) is 6.85. The second kappa shape index (κ2) is 5.63. The van der Waals surface area contributed by atoms with Crippen molar-refractivity contribution in [1.82, 2.24) is 9.97 Å². The third-order valence-corrected chi connectivity index (χ3v) is 4.48. The van der Waals surface area contributed by atoms with Gasteiger partial charge in [0.15, 0.2) is 0 Å². The topological polar surface area (TPSA) is 58.0 Å². The Morgan fingerprint density at radius 2 is 1.95 bits per heavy atom. The fourth-order valence-corrected chi connectivity index (χ4v) is 2.82. The maximum absolute atomic E-state index is 9.78. The van der Waals surface area contributed by atoms with E-state index >= 15 is 0 Å². The maximum Gasteiger partial charge on any atom is 0.137 e. The highest BCUT2D eigenvalue weighted by molar-refractivity contribution is 6.30. The summed E-state index contributed by atoms with van der Waals surface area (Å²) in [6.07, 6.45) is 4.18. The molecule has 106 valence electrons. The molecule has 1 aromatic heterocycles. The number of rotatable bonds is 3. The maximum atomic E-state index is 9.78. The fourth-order valence-electron chi connectivity index (χ4n) is 2.60. The summed E-state index contributed by atoms with van der Waals surface area (Å²) in [5, 5.41) is 13.7. The van der Waals surface area contributed by atoms with E-state index in [9.17, 15) is 5.11 Å². The molecule has 1 aliphatic rings. The van der Waals surface area contributed by atoms with Crippen molar-refractivity contribution in [3.63, 3.8) is 0 Å². The predicted octanol–water partition coefficient (Wildman–Crippen LogP) is 3.10. The van der Waals surface area contributed by atoms with E-state index in [0.29, 0.717) is 11.0 Å². The lowest BCUT2D eigenvalue weighted by Crippen LogP contribution is -2.45. The van der Waals surface area contributed by atoms with Crippen LogP contribution in [0, 0.1) is 19.8 Å². The predicted molar refractivity (Wildman–Crippen MR) is 77.6 cm³/mol. The zero-order valence-electron chi connectivity index (χ0n) is 11.8. The molecule has 4 nitrogen and oxygen atoms in total. The molecule has 1 heterocycles. The Bertz CT molecular complexity index is 456. The first-order valence-corrected chi connectivity index (χ1v) is 7.23. The molecular formula is C14H22ClN3O. The van der Waals surface area contributed by atoms with E-state index in [0.717, 1.165) is 43.0 Å². The normalized spacial score (nSPS) is 27.3. The first-order chi connectivity index (χ1) is 8.96. The van der Waals surface area contributed by atoms with E-state index in [2.05, 4.69) is 22.2 Å². The van der Waals surface area contributed by atoms with Gasteiger partial charge in [-0.2, -0.15) is 0 Å². The summed E-state index contributed by atoms with van der Waals surface area (Å²) in [4.78, 5) is 8.56. The van der Waals surface area contributed by atoms with Crippen molar-refractivity contribution in [3.8, 4) is 0 Å². The minimum atomic E-state index is -0.263. The molecule has 1 aromatic rings. The SMILES string of the molecule is Cc1nc(Cl)c(C)c(NC2(CO)CCC(C)CC2)n1. The number of aliphatic hydroxyl groups is 1. The quantitative estimate of drug-likeness (QED) is 0.837. The summed E-state index contributed by atoms with van der Waals surface area (Å²) < 4.78 is 0. The molecule has 19 heavy (non-hydrogen) atoms. The van der Waals surface area contributed by atoms with Gasteiger partial charge in [0, 0.05) is 5.56 Å². The standard InChI is InChI=1S/C14H22ClN3O/c1-9-4-6-14(8-19,7-5-9)18-13-10(2)12(15)16-11(3)17-13/h9,19H,4-8H2,1-3H3,(H,16,17,18). The van der Waals surface area contributed by atoms with Gasteiger partial charge in [-0.05, 0) is 45.4 Å². The van der Waals surface area contributed by atoms with Crippen LogP contribution in [0.5, 0.6) is 0 Å². The van der Waals surface area contributed by atoms with Crippen LogP contribution in [0.2, 0.25) is 5.15 Å². The molecule has 0 unspecified atom stereocenters. The molecule has 2 N–H and O–H groups in total. The number of aliphatic hydroxyl groups excluding tert-OH is 1. The van der Waals surface area contributed by atoms with Crippen molar-refractivity contribution in [2.24, 2.45) is 5.92 Å². The average molecular weight is 284 g/mol. The van der Waals surface area contributed by atoms with Gasteiger partial charge in [0.1, 0.15) is 16.8 Å². The summed E-state index contributed by atoms with van der Waals surface area (Å²) in [7, 11) is 0. The Kier molecular flexibility index (Phi) is 4.31. The van der Waals surface area contributed by atoms with Crippen molar-refractivity contribution in [1.29, 1.82) is 0 Å². The van der Waals surface area contributed by atoms with Crippen LogP contribution in [-0.2, 0) is 0 Å². The van der Waals surface area contributed by atoms with Gasteiger partial charge >= 0.3 is 0 Å². The molecular weight excluding hydrogens is 262 g/mol. The number of halogens is 1. The summed E-state index contributed by atoms with van der Waals surface area (Å²) >= 11 is 6.09. The molecule has 0 aliphatic heterocycles. The minimum Gasteiger partial charge on any atom is -0.394 e. The Hall–Kier alpha value is -0.870. The summed E-state index contributed by atoms with van der Waals surface area (Å²) in [6, 6.07) is 0. The molecule has 5 heteroatoms. The molecule has 0 atom stereocenters. The van der Waals surface area contributed by atoms with Crippen LogP contribution in [0.15, 0.2) is 0 Å². The molecule has 0 radical (unpaired) electrons. The second-order valence-electron chi connectivity index (χ2n) is 5.78. The zero-order chi connectivity index (χ0) is 14.0. The lowest BCUT2D eigenvalue weighted by atomic mass is 9.77. The van der Waals surface area contributed by atoms with Gasteiger partial charge in [0.2, 0.25) is 0 Å². The van der Waals surface area contributed by atoms with Crippen molar-refractivity contribution in [3.05, 3.63) is 16.5 Å². The lowest BCUT2D eigenvalue weighted by Gasteiger charge is -2.39. The number of aromatic nitrogens is 2. The van der Waals surface area contributed by atoms with Crippen LogP contribution in [0.3, 0.4) is 0 Å². The summed E-state index contributed by atoms with van der Waals surface area (Å²) in [5.74, 6) is 2.13. The monoisotopic (exact) mass is 283 g/mol. The van der Waals surface area contributed by atoms with E-state index in [4.69, 9.17) is 11.6 Å². The van der Waals surface area contributed by atoms with E-state index in [1.807, 2.05) is 13.8 Å². The third-order valence-electron chi connectivity index (χ3n) is 4.12. The number of hydrogen-bond donors (Lipinski definition) is 2. The molecule has 1 saturated carbocycles. The second-order valence-corrected chi connectivity index (χ2v) is 6.14. The molecule has 0 bridgehead atoms. The number of hydrogen-bond acceptors (Lipinski definition) is 4. The van der Waals surface area contributed by atoms with E-state index in [1.165, 1.54) is 0 Å². The highest BCUT2D eigenvalue weighted by Crippen LogP contribution is 2.35. The Balaban J connectivity index is 2.23. The fraction of sp³-hybridized carbons (Fsp3) is 0.714. The van der Waals surface area contributed by atoms with Crippen LogP contribution in [0.1, 0.15) is 44.0 Å². The van der Waals surface area contributed by atoms with Gasteiger partial charge in [-0.25, -0.2) is 9.97 Å². The molecule has 2 rings (SSSR count). The first kappa shape index (κ1) is 14.5. The number of aryl methyl sites for hydroxylation is 1. The van der Waals surface area contributed by atoms with E-state index in [1.54, 1.807) is 0 Å². The zero-order valence-corrected chi connectivity index (χ0v) is 12.6. The average Bonchev–Trinajstić information content (AvgIpc) is 2.38. The smallest absolute Gasteiger partial charge is 0.137 e. The molecule has 0 spiro atoms. The molecule has 0 aromatic carbocycles. The van der Waals surface area contributed by atoms with Crippen molar-refractivity contribution < 1.29 is 5.11 Å². The summed E-state index contributed by atoms with van der Waals surface area (Å²) in [6.45, 7) is 6.11. The minimum absolute atomic E-state index is 0.125. The number of anilines is 1. The largest absolute Gasteiger partial charge is 0.394 e. The molecule has 1 fully saturated rings. The van der Waals surface area contributed by atoms with E-state index < -0.39 is 0 Å². The molecule has 1 aliphatic carbocycles. The van der Waals surface area contributed by atoms with Crippen LogP contribution in [-0.4, -0.2) is 27.2 Å². The van der Waals surface area contributed by atoms with Gasteiger partial charge < -0.3 is 10.4 Å². The highest BCUT2D eigenvalue weighted by atomic mass is 35.5. The summed E-state index contributed by atoms with van der Waals surface area (Å²) in [5.41, 5.74) is 0.584. The van der Waals surface area contributed by atoms with Crippen LogP contribution in [0.4, 0.5) is 5.82 Å². The van der Waals surface area contributed by atoms with Crippen LogP contribution < -0.4 is 5.32 Å². The molecule has 0 amide bonds. The van der Waals surface area contributed by atoms with Crippen molar-refractivity contribution >= 4 is 17.4 Å². The lowest BCUT2D eigenvalue weighted by molar-refractivity contribution is 0.155. The van der Waals surface area contributed by atoms with Crippen molar-refractivity contribution in [2.45, 2.75) is 52.0 Å². The van der Waals surface area contributed by atoms with Gasteiger partial charge in [0.05, 0.1) is 12.1 Å². The highest BCUT2D eigenvalue weighted by Gasteiger charge is 2.34. The van der Waals surface area contributed by atoms with Crippen LogP contribution in [0.25, 0.3) is 0 Å². The Morgan fingerprint density at radius 1 is 1.32 bits per heavy atom. The Labute approximate surface area is 119 Å². The van der Waals surface area contributed by atoms with Gasteiger partial charge in [-0.15, -0.1) is 0 Å². The van der Waals surface area contributed by atoms with Crippen LogP contribution >= 0.6 is 11.6 Å². The molecule has 0 saturated heterocycles.